The third-order valence-corrected chi connectivity index (χ3v) is 4.94. The Kier molecular flexibility index (Phi) is 6.41. The second-order valence-corrected chi connectivity index (χ2v) is 8.53. The molecule has 0 aliphatic rings. The summed E-state index contributed by atoms with van der Waals surface area (Å²) < 4.78 is 1.71. The van der Waals surface area contributed by atoms with Gasteiger partial charge in [-0.25, -0.2) is 4.98 Å². The van der Waals surface area contributed by atoms with Crippen LogP contribution < -0.4 is 10.6 Å². The van der Waals surface area contributed by atoms with E-state index in [9.17, 15) is 9.59 Å². The molecule has 0 fully saturated rings. The summed E-state index contributed by atoms with van der Waals surface area (Å²) in [4.78, 5) is 32.8. The average molecular weight is 425 g/mol. The molecule has 3 rings (SSSR count). The van der Waals surface area contributed by atoms with E-state index in [1.165, 1.54) is 11.3 Å². The van der Waals surface area contributed by atoms with Crippen molar-refractivity contribution in [3.63, 3.8) is 0 Å². The lowest BCUT2D eigenvalue weighted by molar-refractivity contribution is -0.115. The van der Waals surface area contributed by atoms with Crippen molar-refractivity contribution in [3.05, 3.63) is 53.2 Å². The number of benzene rings is 1. The van der Waals surface area contributed by atoms with Crippen molar-refractivity contribution in [2.24, 2.45) is 4.99 Å². The molecule has 0 bridgehead atoms. The Morgan fingerprint density at radius 2 is 2.07 bits per heavy atom. The zero-order valence-electron chi connectivity index (χ0n) is 17.2. The van der Waals surface area contributed by atoms with E-state index >= 15 is 0 Å². The van der Waals surface area contributed by atoms with Crippen molar-refractivity contribution in [3.8, 4) is 11.3 Å². The minimum Gasteiger partial charge on any atom is -0.342 e. The van der Waals surface area contributed by atoms with Gasteiger partial charge >= 0.3 is 0 Å². The van der Waals surface area contributed by atoms with Crippen LogP contribution >= 0.6 is 11.3 Å². The predicted octanol–water partition coefficient (Wildman–Crippen LogP) is 3.33. The first-order valence-corrected chi connectivity index (χ1v) is 10.3. The van der Waals surface area contributed by atoms with Crippen molar-refractivity contribution >= 4 is 35.0 Å². The summed E-state index contributed by atoms with van der Waals surface area (Å²) in [6.07, 6.45) is 1.74. The number of nitrogens with zero attached hydrogens (tertiary/aromatic N) is 4. The molecule has 8 nitrogen and oxygen atoms in total. The fourth-order valence-corrected chi connectivity index (χ4v) is 3.39. The van der Waals surface area contributed by atoms with Gasteiger partial charge in [0.05, 0.1) is 24.3 Å². The maximum absolute atomic E-state index is 12.2. The van der Waals surface area contributed by atoms with Crippen LogP contribution in [-0.2, 0) is 16.9 Å². The molecule has 30 heavy (non-hydrogen) atoms. The molecule has 2 aromatic heterocycles. The van der Waals surface area contributed by atoms with Gasteiger partial charge in [0.25, 0.3) is 5.91 Å². The number of aliphatic imine (C=N–C) groups is 1. The molecule has 0 radical (unpaired) electrons. The standard InChI is InChI=1S/C21H24N6O2S/c1-21(2,3)27-9-8-16(26-27)19(29)23-12-18(28)25-20-24-17(13-30-20)15-7-5-6-14(10-15)11-22-4/h5-10,13H,4,11-12H2,1-3H3,(H,23,29)(H,24,25,28). The Morgan fingerprint density at radius 1 is 1.27 bits per heavy atom. The van der Waals surface area contributed by atoms with Crippen LogP contribution in [0.2, 0.25) is 0 Å². The topological polar surface area (TPSA) is 101 Å². The monoisotopic (exact) mass is 424 g/mol. The van der Waals surface area contributed by atoms with Gasteiger partial charge < -0.3 is 10.6 Å². The van der Waals surface area contributed by atoms with Gasteiger partial charge in [0.2, 0.25) is 5.91 Å². The minimum atomic E-state index is -0.402. The first-order valence-electron chi connectivity index (χ1n) is 9.38. The molecule has 0 saturated carbocycles. The molecule has 156 valence electrons. The number of hydrogen-bond acceptors (Lipinski definition) is 6. The summed E-state index contributed by atoms with van der Waals surface area (Å²) in [5.41, 5.74) is 2.79. The molecule has 3 aromatic rings. The van der Waals surface area contributed by atoms with Gasteiger partial charge in [-0.15, -0.1) is 11.3 Å². The van der Waals surface area contributed by atoms with Gasteiger partial charge in [0.15, 0.2) is 5.13 Å². The quantitative estimate of drug-likeness (QED) is 0.568. The lowest BCUT2D eigenvalue weighted by Gasteiger charge is -2.18. The largest absolute Gasteiger partial charge is 0.342 e. The SMILES string of the molecule is C=NCc1cccc(-c2csc(NC(=O)CNC(=O)c3ccn(C(C)(C)C)n3)n2)c1. The van der Waals surface area contributed by atoms with Crippen LogP contribution in [0.15, 0.2) is 46.9 Å². The number of anilines is 1. The van der Waals surface area contributed by atoms with E-state index in [0.717, 1.165) is 16.8 Å². The highest BCUT2D eigenvalue weighted by Gasteiger charge is 2.17. The zero-order chi connectivity index (χ0) is 21.7. The van der Waals surface area contributed by atoms with E-state index in [0.29, 0.717) is 11.7 Å². The molecular weight excluding hydrogens is 400 g/mol. The number of nitrogens with one attached hydrogen (secondary N) is 2. The van der Waals surface area contributed by atoms with Crippen LogP contribution in [0, 0.1) is 0 Å². The summed E-state index contributed by atoms with van der Waals surface area (Å²) in [7, 11) is 0. The van der Waals surface area contributed by atoms with E-state index in [1.54, 1.807) is 16.9 Å². The lowest BCUT2D eigenvalue weighted by Crippen LogP contribution is -2.33. The molecule has 0 spiro atoms. The smallest absolute Gasteiger partial charge is 0.272 e. The molecule has 2 N–H and O–H groups in total. The highest BCUT2D eigenvalue weighted by atomic mass is 32.1. The zero-order valence-corrected chi connectivity index (χ0v) is 18.0. The number of rotatable bonds is 7. The lowest BCUT2D eigenvalue weighted by atomic mass is 10.1. The third-order valence-electron chi connectivity index (χ3n) is 4.19. The number of carbonyl (C=O) groups is 2. The fourth-order valence-electron chi connectivity index (χ4n) is 2.66. The molecule has 9 heteroatoms. The Labute approximate surface area is 179 Å². The predicted molar refractivity (Wildman–Crippen MR) is 119 cm³/mol. The summed E-state index contributed by atoms with van der Waals surface area (Å²) in [6.45, 7) is 9.85. The minimum absolute atomic E-state index is 0.170. The van der Waals surface area contributed by atoms with Gasteiger partial charge in [-0.2, -0.15) is 5.10 Å². The van der Waals surface area contributed by atoms with E-state index in [4.69, 9.17) is 0 Å². The molecular formula is C21H24N6O2S. The van der Waals surface area contributed by atoms with Crippen molar-refractivity contribution in [2.75, 3.05) is 11.9 Å². The Morgan fingerprint density at radius 3 is 2.77 bits per heavy atom. The normalized spacial score (nSPS) is 11.2. The second kappa shape index (κ2) is 9.00. The van der Waals surface area contributed by atoms with Crippen LogP contribution in [-0.4, -0.2) is 39.8 Å². The van der Waals surface area contributed by atoms with Gasteiger partial charge in [0.1, 0.15) is 5.69 Å². The van der Waals surface area contributed by atoms with E-state index in [-0.39, 0.29) is 23.7 Å². The maximum atomic E-state index is 12.2. The van der Waals surface area contributed by atoms with Crippen molar-refractivity contribution in [1.82, 2.24) is 20.1 Å². The first-order chi connectivity index (χ1) is 14.3. The molecule has 0 aliphatic heterocycles. The highest BCUT2D eigenvalue weighted by molar-refractivity contribution is 7.14. The van der Waals surface area contributed by atoms with E-state index in [1.807, 2.05) is 50.4 Å². The molecule has 1 aromatic carbocycles. The van der Waals surface area contributed by atoms with Crippen molar-refractivity contribution in [2.45, 2.75) is 32.9 Å². The van der Waals surface area contributed by atoms with Gasteiger partial charge in [-0.05, 0) is 45.2 Å². The summed E-state index contributed by atoms with van der Waals surface area (Å²) in [6, 6.07) is 9.47. The van der Waals surface area contributed by atoms with E-state index < -0.39 is 5.91 Å². The Hall–Kier alpha value is -3.33. The number of hydrogen-bond donors (Lipinski definition) is 2. The van der Waals surface area contributed by atoms with Crippen LogP contribution in [0.25, 0.3) is 11.3 Å². The van der Waals surface area contributed by atoms with Gasteiger partial charge in [0, 0.05) is 17.1 Å². The molecule has 0 atom stereocenters. The van der Waals surface area contributed by atoms with Crippen LogP contribution in [0.4, 0.5) is 5.13 Å². The molecule has 2 amide bonds. The molecule has 2 heterocycles. The van der Waals surface area contributed by atoms with Crippen LogP contribution in [0.1, 0.15) is 36.8 Å². The van der Waals surface area contributed by atoms with Crippen molar-refractivity contribution < 1.29 is 9.59 Å². The Bertz CT molecular complexity index is 1060. The summed E-state index contributed by atoms with van der Waals surface area (Å²) in [5, 5.41) is 11.9. The fraction of sp³-hybridized carbons (Fsp3) is 0.286. The number of amides is 2. The number of carbonyl (C=O) groups excluding carboxylic acids is 2. The average Bonchev–Trinajstić information content (AvgIpc) is 3.36. The number of thiazole rings is 1. The maximum Gasteiger partial charge on any atom is 0.272 e. The third kappa shape index (κ3) is 5.38. The van der Waals surface area contributed by atoms with E-state index in [2.05, 4.69) is 32.4 Å². The molecule has 0 saturated heterocycles. The van der Waals surface area contributed by atoms with Gasteiger partial charge in [-0.1, -0.05) is 18.2 Å². The Balaban J connectivity index is 1.55. The first kappa shape index (κ1) is 21.4. The summed E-state index contributed by atoms with van der Waals surface area (Å²) in [5.74, 6) is -0.760. The highest BCUT2D eigenvalue weighted by Crippen LogP contribution is 2.25. The second-order valence-electron chi connectivity index (χ2n) is 7.67. The summed E-state index contributed by atoms with van der Waals surface area (Å²) >= 11 is 1.32. The van der Waals surface area contributed by atoms with Gasteiger partial charge in [-0.3, -0.25) is 19.3 Å². The molecule has 0 aliphatic carbocycles. The molecule has 0 unspecified atom stereocenters. The van der Waals surface area contributed by atoms with Crippen LogP contribution in [0.3, 0.4) is 0 Å². The van der Waals surface area contributed by atoms with Crippen LogP contribution in [0.5, 0.6) is 0 Å². The van der Waals surface area contributed by atoms with Crippen molar-refractivity contribution in [1.29, 1.82) is 0 Å². The number of aromatic nitrogens is 3.